The van der Waals surface area contributed by atoms with E-state index in [9.17, 15) is 4.79 Å². The molecule has 1 aromatic rings. The number of hydrogen-bond donors (Lipinski definition) is 2. The fraction of sp³-hybridized carbons (Fsp3) is 0.545. The van der Waals surface area contributed by atoms with E-state index < -0.39 is 0 Å². The standard InChI is InChI=1S/C11H15BrN2OS.ClH/c1-7-6-8(2-4-13-7)14-11(15)10-9(12)3-5-16-10;/h3,5,7-8,13H,2,4,6H2,1H3,(H,14,15);1H. The molecular formula is C11H16BrClN2OS. The van der Waals surface area contributed by atoms with Gasteiger partial charge >= 0.3 is 0 Å². The Morgan fingerprint density at radius 3 is 3.00 bits per heavy atom. The van der Waals surface area contributed by atoms with Crippen molar-refractivity contribution < 1.29 is 4.79 Å². The predicted octanol–water partition coefficient (Wildman–Crippen LogP) is 2.80. The van der Waals surface area contributed by atoms with Gasteiger partial charge < -0.3 is 10.6 Å². The molecule has 1 aliphatic heterocycles. The van der Waals surface area contributed by atoms with Crippen molar-refractivity contribution in [1.82, 2.24) is 10.6 Å². The van der Waals surface area contributed by atoms with Crippen molar-refractivity contribution in [3.05, 3.63) is 20.8 Å². The second-order valence-electron chi connectivity index (χ2n) is 4.15. The van der Waals surface area contributed by atoms with E-state index in [0.717, 1.165) is 28.7 Å². The summed E-state index contributed by atoms with van der Waals surface area (Å²) in [5, 5.41) is 8.39. The van der Waals surface area contributed by atoms with Crippen molar-refractivity contribution in [3.63, 3.8) is 0 Å². The molecule has 2 heterocycles. The molecule has 2 N–H and O–H groups in total. The van der Waals surface area contributed by atoms with Crippen LogP contribution in [-0.2, 0) is 0 Å². The molecule has 17 heavy (non-hydrogen) atoms. The molecule has 6 heteroatoms. The Labute approximate surface area is 120 Å². The summed E-state index contributed by atoms with van der Waals surface area (Å²) in [6, 6.07) is 2.70. The molecule has 2 atom stereocenters. The number of carbonyl (C=O) groups excluding carboxylic acids is 1. The number of nitrogens with one attached hydrogen (secondary N) is 2. The molecule has 1 aromatic heterocycles. The second-order valence-corrected chi connectivity index (χ2v) is 5.92. The zero-order valence-corrected chi connectivity index (χ0v) is 12.8. The van der Waals surface area contributed by atoms with Gasteiger partial charge in [0.05, 0.1) is 0 Å². The van der Waals surface area contributed by atoms with Crippen LogP contribution in [0.5, 0.6) is 0 Å². The fourth-order valence-electron chi connectivity index (χ4n) is 1.97. The lowest BCUT2D eigenvalue weighted by atomic mass is 10.0. The SMILES string of the molecule is CC1CC(NC(=O)c2sccc2Br)CCN1.Cl. The lowest BCUT2D eigenvalue weighted by Gasteiger charge is -2.28. The number of rotatable bonds is 2. The van der Waals surface area contributed by atoms with Crippen LogP contribution in [0.15, 0.2) is 15.9 Å². The number of halogens is 2. The Kier molecular flexibility index (Phi) is 5.92. The maximum absolute atomic E-state index is 12.0. The van der Waals surface area contributed by atoms with E-state index in [1.54, 1.807) is 0 Å². The van der Waals surface area contributed by atoms with Crippen LogP contribution in [0.2, 0.25) is 0 Å². The minimum Gasteiger partial charge on any atom is -0.348 e. The first kappa shape index (κ1) is 15.0. The van der Waals surface area contributed by atoms with Gasteiger partial charge in [-0.15, -0.1) is 23.7 Å². The highest BCUT2D eigenvalue weighted by molar-refractivity contribution is 9.10. The van der Waals surface area contributed by atoms with Gasteiger partial charge in [-0.05, 0) is 53.7 Å². The van der Waals surface area contributed by atoms with Crippen LogP contribution in [0, 0.1) is 0 Å². The monoisotopic (exact) mass is 338 g/mol. The maximum Gasteiger partial charge on any atom is 0.262 e. The molecule has 1 fully saturated rings. The Hall–Kier alpha value is -0.100. The number of carbonyl (C=O) groups is 1. The van der Waals surface area contributed by atoms with Crippen LogP contribution in [0.3, 0.4) is 0 Å². The molecule has 0 saturated carbocycles. The molecule has 96 valence electrons. The Bertz CT molecular complexity index is 385. The van der Waals surface area contributed by atoms with E-state index in [1.807, 2.05) is 11.4 Å². The van der Waals surface area contributed by atoms with Crippen molar-refractivity contribution >= 4 is 45.6 Å². The Balaban J connectivity index is 0.00000144. The molecule has 2 rings (SSSR count). The van der Waals surface area contributed by atoms with E-state index in [1.165, 1.54) is 11.3 Å². The van der Waals surface area contributed by atoms with Crippen molar-refractivity contribution in [2.75, 3.05) is 6.54 Å². The molecule has 2 unspecified atom stereocenters. The van der Waals surface area contributed by atoms with Gasteiger partial charge in [0.25, 0.3) is 5.91 Å². The molecular weight excluding hydrogens is 324 g/mol. The predicted molar refractivity (Wildman–Crippen MR) is 77.2 cm³/mol. The zero-order chi connectivity index (χ0) is 11.5. The third-order valence-electron chi connectivity index (χ3n) is 2.78. The van der Waals surface area contributed by atoms with Crippen molar-refractivity contribution in [2.24, 2.45) is 0 Å². The van der Waals surface area contributed by atoms with Gasteiger partial charge in [-0.1, -0.05) is 0 Å². The summed E-state index contributed by atoms with van der Waals surface area (Å²) in [5.41, 5.74) is 0. The van der Waals surface area contributed by atoms with Gasteiger partial charge in [-0.3, -0.25) is 4.79 Å². The summed E-state index contributed by atoms with van der Waals surface area (Å²) < 4.78 is 0.886. The summed E-state index contributed by atoms with van der Waals surface area (Å²) >= 11 is 4.85. The minimum atomic E-state index is 0. The molecule has 0 spiro atoms. The van der Waals surface area contributed by atoms with Crippen molar-refractivity contribution in [2.45, 2.75) is 31.8 Å². The molecule has 0 aromatic carbocycles. The van der Waals surface area contributed by atoms with Gasteiger partial charge in [0, 0.05) is 16.6 Å². The topological polar surface area (TPSA) is 41.1 Å². The van der Waals surface area contributed by atoms with E-state index in [-0.39, 0.29) is 18.3 Å². The average molecular weight is 340 g/mol. The summed E-state index contributed by atoms with van der Waals surface area (Å²) in [6.07, 6.45) is 2.02. The maximum atomic E-state index is 12.0. The third-order valence-corrected chi connectivity index (χ3v) is 4.62. The Morgan fingerprint density at radius 1 is 1.65 bits per heavy atom. The van der Waals surface area contributed by atoms with E-state index >= 15 is 0 Å². The van der Waals surface area contributed by atoms with Gasteiger partial charge in [0.1, 0.15) is 4.88 Å². The highest BCUT2D eigenvalue weighted by Gasteiger charge is 2.21. The van der Waals surface area contributed by atoms with Crippen LogP contribution in [0.25, 0.3) is 0 Å². The highest BCUT2D eigenvalue weighted by Crippen LogP contribution is 2.22. The van der Waals surface area contributed by atoms with Crippen LogP contribution in [0.1, 0.15) is 29.4 Å². The summed E-state index contributed by atoms with van der Waals surface area (Å²) in [5.74, 6) is 0.0426. The van der Waals surface area contributed by atoms with Crippen LogP contribution in [-0.4, -0.2) is 24.5 Å². The van der Waals surface area contributed by atoms with E-state index in [4.69, 9.17) is 0 Å². The molecule has 1 amide bonds. The molecule has 0 bridgehead atoms. The van der Waals surface area contributed by atoms with Crippen molar-refractivity contribution in [3.8, 4) is 0 Å². The zero-order valence-electron chi connectivity index (χ0n) is 9.53. The van der Waals surface area contributed by atoms with E-state index in [2.05, 4.69) is 33.5 Å². The van der Waals surface area contributed by atoms with Crippen LogP contribution >= 0.6 is 39.7 Å². The first-order chi connectivity index (χ1) is 7.66. The van der Waals surface area contributed by atoms with Crippen molar-refractivity contribution in [1.29, 1.82) is 0 Å². The number of piperidine rings is 1. The smallest absolute Gasteiger partial charge is 0.262 e. The lowest BCUT2D eigenvalue weighted by molar-refractivity contribution is 0.0929. The number of hydrogen-bond acceptors (Lipinski definition) is 3. The van der Waals surface area contributed by atoms with Crippen LogP contribution < -0.4 is 10.6 Å². The largest absolute Gasteiger partial charge is 0.348 e. The molecule has 0 radical (unpaired) electrons. The second kappa shape index (κ2) is 6.73. The number of thiophene rings is 1. The summed E-state index contributed by atoms with van der Waals surface area (Å²) in [4.78, 5) is 12.7. The van der Waals surface area contributed by atoms with E-state index in [0.29, 0.717) is 12.1 Å². The highest BCUT2D eigenvalue weighted by atomic mass is 79.9. The quantitative estimate of drug-likeness (QED) is 0.870. The first-order valence-corrected chi connectivity index (χ1v) is 7.11. The average Bonchev–Trinajstić information content (AvgIpc) is 2.64. The first-order valence-electron chi connectivity index (χ1n) is 5.44. The van der Waals surface area contributed by atoms with Gasteiger partial charge in [0.2, 0.25) is 0 Å². The van der Waals surface area contributed by atoms with Crippen LogP contribution in [0.4, 0.5) is 0 Å². The molecule has 3 nitrogen and oxygen atoms in total. The lowest BCUT2D eigenvalue weighted by Crippen LogP contribution is -2.46. The number of amides is 1. The third kappa shape index (κ3) is 3.95. The van der Waals surface area contributed by atoms with Gasteiger partial charge in [-0.25, -0.2) is 0 Å². The normalized spacial score (nSPS) is 23.9. The Morgan fingerprint density at radius 2 is 2.41 bits per heavy atom. The summed E-state index contributed by atoms with van der Waals surface area (Å²) in [7, 11) is 0. The molecule has 1 aliphatic rings. The van der Waals surface area contributed by atoms with Gasteiger partial charge in [-0.2, -0.15) is 0 Å². The fourth-order valence-corrected chi connectivity index (χ4v) is 3.42. The minimum absolute atomic E-state index is 0. The molecule has 1 saturated heterocycles. The molecule has 0 aliphatic carbocycles. The van der Waals surface area contributed by atoms with Gasteiger partial charge in [0.15, 0.2) is 0 Å². The summed E-state index contributed by atoms with van der Waals surface area (Å²) in [6.45, 7) is 3.14.